The minimum atomic E-state index is -0.966. The second-order valence-electron chi connectivity index (χ2n) is 15.0. The van der Waals surface area contributed by atoms with Gasteiger partial charge in [-0.05, 0) is 76.4 Å². The lowest BCUT2D eigenvalue weighted by molar-refractivity contribution is -0.144. The van der Waals surface area contributed by atoms with E-state index >= 15 is 0 Å². The smallest absolute Gasteiger partial charge is 0.410 e. The number of hydrogen-bond donors (Lipinski definition) is 3. The van der Waals surface area contributed by atoms with Crippen LogP contribution in [0, 0.1) is 0 Å². The highest BCUT2D eigenvalue weighted by Gasteiger charge is 2.37. The molecule has 58 heavy (non-hydrogen) atoms. The first-order chi connectivity index (χ1) is 27.7. The lowest BCUT2D eigenvalue weighted by Crippen LogP contribution is -2.50. The number of nitrogens with zero attached hydrogens (tertiary/aromatic N) is 4. The van der Waals surface area contributed by atoms with Crippen LogP contribution in [0.2, 0.25) is 0 Å². The Morgan fingerprint density at radius 3 is 2.24 bits per heavy atom. The highest BCUT2D eigenvalue weighted by molar-refractivity contribution is 6.38. The number of ketones is 1. The van der Waals surface area contributed by atoms with Crippen LogP contribution >= 0.6 is 0 Å². The van der Waals surface area contributed by atoms with Gasteiger partial charge in [0.1, 0.15) is 11.6 Å². The number of Topliss-reactive ketones (excluding diaryl/α,β-unsaturated/α-hetero) is 1. The predicted molar refractivity (Wildman–Crippen MR) is 214 cm³/mol. The summed E-state index contributed by atoms with van der Waals surface area (Å²) in [5.41, 5.74) is 1.17. The summed E-state index contributed by atoms with van der Waals surface area (Å²) in [7, 11) is 4.42. The third-order valence-corrected chi connectivity index (χ3v) is 9.87. The lowest BCUT2D eigenvalue weighted by Gasteiger charge is -2.35. The Kier molecular flexibility index (Phi) is 14.5. The summed E-state index contributed by atoms with van der Waals surface area (Å²) in [5.74, 6) is -1.66. The first-order valence-corrected chi connectivity index (χ1v) is 19.3. The van der Waals surface area contributed by atoms with E-state index in [1.54, 1.807) is 35.2 Å². The van der Waals surface area contributed by atoms with Crippen LogP contribution in [0.25, 0.3) is 10.9 Å². The van der Waals surface area contributed by atoms with Gasteiger partial charge in [0, 0.05) is 57.3 Å². The van der Waals surface area contributed by atoms with Crippen molar-refractivity contribution >= 4 is 52.1 Å². The minimum Gasteiger partial charge on any atom is -0.493 e. The third-order valence-electron chi connectivity index (χ3n) is 9.87. The summed E-state index contributed by atoms with van der Waals surface area (Å²) in [4.78, 5) is 87.9. The zero-order valence-electron chi connectivity index (χ0n) is 34.0. The van der Waals surface area contributed by atoms with Crippen molar-refractivity contribution in [3.8, 4) is 17.2 Å². The molecule has 17 heteroatoms. The fraction of sp³-hybridized carbons (Fsp3) is 0.488. The van der Waals surface area contributed by atoms with Crippen LogP contribution in [0.4, 0.5) is 10.5 Å². The molecule has 0 aliphatic carbocycles. The highest BCUT2D eigenvalue weighted by atomic mass is 16.6. The number of hydrogen-bond acceptors (Lipinski definition) is 12. The standard InChI is InChI=1S/C41H53N7O10/c1-41(2,3)58-40(54)47-20-18-46(19-21-47)16-9-13-33(49)45-29-11-7-10-27-28(14-15-42-35(27)29)38(52)44-25-34(50)48-17-8-12-30(48)36(51)39(53)43-24-26-22-31(55-4)37(57-6)32(23-26)56-5/h7,10-11,14-15,22-23,30H,8-9,12-13,16-21,24-25H2,1-6H3,(H,43,53)(H,44,52)(H,45,49)/t30-/m0/s1. The Hall–Kier alpha value is -5.97. The van der Waals surface area contributed by atoms with E-state index in [9.17, 15) is 28.8 Å². The maximum atomic E-state index is 13.4. The topological polar surface area (TPSA) is 198 Å². The van der Waals surface area contributed by atoms with Crippen LogP contribution in [0.5, 0.6) is 17.2 Å². The molecule has 5 amide bonds. The number of nitrogens with one attached hydrogen (secondary N) is 3. The van der Waals surface area contributed by atoms with Crippen LogP contribution in [-0.4, -0.2) is 134 Å². The van der Waals surface area contributed by atoms with Crippen LogP contribution in [0.3, 0.4) is 0 Å². The number of anilines is 1. The summed E-state index contributed by atoms with van der Waals surface area (Å²) in [6.07, 6.45) is 2.85. The average molecular weight is 804 g/mol. The lowest BCUT2D eigenvalue weighted by atomic mass is 10.1. The van der Waals surface area contributed by atoms with Crippen LogP contribution in [-0.2, 0) is 30.5 Å². The van der Waals surface area contributed by atoms with Crippen LogP contribution < -0.4 is 30.2 Å². The molecule has 2 saturated heterocycles. The predicted octanol–water partition coefficient (Wildman–Crippen LogP) is 3.14. The summed E-state index contributed by atoms with van der Waals surface area (Å²) < 4.78 is 21.5. The Bertz CT molecular complexity index is 1980. The van der Waals surface area contributed by atoms with Gasteiger partial charge in [-0.2, -0.15) is 0 Å². The van der Waals surface area contributed by atoms with Gasteiger partial charge in [0.2, 0.25) is 23.3 Å². The van der Waals surface area contributed by atoms with Crippen molar-refractivity contribution in [1.82, 2.24) is 30.3 Å². The Morgan fingerprint density at radius 2 is 1.59 bits per heavy atom. The number of fused-ring (bicyclic) bond motifs is 1. The molecule has 0 radical (unpaired) electrons. The fourth-order valence-electron chi connectivity index (χ4n) is 6.98. The van der Waals surface area contributed by atoms with Gasteiger partial charge in [0.05, 0.1) is 44.6 Å². The van der Waals surface area contributed by atoms with Crippen molar-refractivity contribution in [1.29, 1.82) is 0 Å². The highest BCUT2D eigenvalue weighted by Crippen LogP contribution is 2.38. The molecule has 3 N–H and O–H groups in total. The number of aromatic nitrogens is 1. The third kappa shape index (κ3) is 10.9. The van der Waals surface area contributed by atoms with E-state index in [0.717, 1.165) is 0 Å². The van der Waals surface area contributed by atoms with E-state index in [0.29, 0.717) is 91.4 Å². The van der Waals surface area contributed by atoms with Crippen molar-refractivity contribution in [2.75, 3.05) is 72.5 Å². The van der Waals surface area contributed by atoms with Gasteiger partial charge in [-0.3, -0.25) is 33.9 Å². The van der Waals surface area contributed by atoms with Gasteiger partial charge < -0.3 is 44.7 Å². The number of pyridine rings is 1. The Balaban J connectivity index is 1.11. The largest absolute Gasteiger partial charge is 0.493 e. The number of likely N-dealkylation sites (tertiary alicyclic amines) is 1. The van der Waals surface area contributed by atoms with Crippen LogP contribution in [0.15, 0.2) is 42.6 Å². The van der Waals surface area contributed by atoms with Gasteiger partial charge in [-0.15, -0.1) is 0 Å². The zero-order valence-corrected chi connectivity index (χ0v) is 34.0. The molecule has 0 unspecified atom stereocenters. The molecule has 2 aliphatic rings. The van der Waals surface area contributed by atoms with E-state index in [1.807, 2.05) is 20.8 Å². The van der Waals surface area contributed by atoms with E-state index < -0.39 is 41.7 Å². The molecule has 1 aromatic heterocycles. The van der Waals surface area contributed by atoms with Gasteiger partial charge in [-0.25, -0.2) is 4.79 Å². The van der Waals surface area contributed by atoms with Gasteiger partial charge >= 0.3 is 6.09 Å². The van der Waals surface area contributed by atoms with E-state index in [1.165, 1.54) is 38.5 Å². The monoisotopic (exact) mass is 803 g/mol. The molecule has 3 heterocycles. The van der Waals surface area contributed by atoms with E-state index in [-0.39, 0.29) is 37.1 Å². The molecule has 312 valence electrons. The maximum absolute atomic E-state index is 13.4. The van der Waals surface area contributed by atoms with Crippen molar-refractivity contribution in [2.45, 2.75) is 64.6 Å². The van der Waals surface area contributed by atoms with Gasteiger partial charge in [0.25, 0.3) is 11.8 Å². The number of carbonyl (C=O) groups excluding carboxylic acids is 6. The molecule has 2 aliphatic heterocycles. The quantitative estimate of drug-likeness (QED) is 0.190. The molecule has 2 fully saturated rings. The molecule has 0 saturated carbocycles. The molecule has 5 rings (SSSR count). The van der Waals surface area contributed by atoms with Crippen LogP contribution in [0.1, 0.15) is 62.4 Å². The first-order valence-electron chi connectivity index (χ1n) is 19.3. The number of carbonyl (C=O) groups is 6. The van der Waals surface area contributed by atoms with Crippen molar-refractivity contribution in [3.05, 3.63) is 53.7 Å². The molecular formula is C41H53N7O10. The second-order valence-corrected chi connectivity index (χ2v) is 15.0. The van der Waals surface area contributed by atoms with E-state index in [2.05, 4.69) is 25.8 Å². The summed E-state index contributed by atoms with van der Waals surface area (Å²) >= 11 is 0. The molecule has 17 nitrogen and oxygen atoms in total. The molecule has 0 bridgehead atoms. The number of rotatable bonds is 15. The van der Waals surface area contributed by atoms with Crippen molar-refractivity contribution < 1.29 is 47.7 Å². The Labute approximate surface area is 337 Å². The normalized spacial score (nSPS) is 15.7. The van der Waals surface area contributed by atoms with Crippen molar-refractivity contribution in [2.24, 2.45) is 0 Å². The van der Waals surface area contributed by atoms with Gasteiger partial charge in [0.15, 0.2) is 11.5 Å². The number of piperazine rings is 1. The average Bonchev–Trinajstić information content (AvgIpc) is 3.71. The first kappa shape index (κ1) is 43.2. The van der Waals surface area contributed by atoms with Gasteiger partial charge in [-0.1, -0.05) is 12.1 Å². The summed E-state index contributed by atoms with van der Waals surface area (Å²) in [5, 5.41) is 8.66. The SMILES string of the molecule is COc1cc(CNC(=O)C(=O)[C@@H]2CCCN2C(=O)CNC(=O)c2ccnc3c(NC(=O)CCCN4CCN(C(=O)OC(C)(C)C)CC4)cccc23)cc(OC)c1OC. The Morgan fingerprint density at radius 1 is 0.879 bits per heavy atom. The summed E-state index contributed by atoms with van der Waals surface area (Å²) in [6, 6.07) is 9.00. The number of methoxy groups -OCH3 is 3. The molecule has 1 atom stereocenters. The number of para-hydroxylation sites is 1. The number of ether oxygens (including phenoxy) is 4. The molecular weight excluding hydrogens is 750 g/mol. The number of amides is 5. The molecule has 0 spiro atoms. The van der Waals surface area contributed by atoms with Crippen molar-refractivity contribution in [3.63, 3.8) is 0 Å². The summed E-state index contributed by atoms with van der Waals surface area (Å²) in [6.45, 7) is 8.59. The van der Waals surface area contributed by atoms with E-state index in [4.69, 9.17) is 18.9 Å². The molecule has 2 aromatic carbocycles. The minimum absolute atomic E-state index is 0.000986. The maximum Gasteiger partial charge on any atom is 0.410 e. The fourth-order valence-corrected chi connectivity index (χ4v) is 6.98. The molecule has 3 aromatic rings. The number of benzene rings is 2. The zero-order chi connectivity index (χ0) is 42.0. The second kappa shape index (κ2) is 19.5.